The zero-order valence-corrected chi connectivity index (χ0v) is 15.6. The van der Waals surface area contributed by atoms with Gasteiger partial charge in [-0.05, 0) is 48.0 Å². The molecule has 0 saturated carbocycles. The van der Waals surface area contributed by atoms with Gasteiger partial charge in [-0.25, -0.2) is 14.2 Å². The molecule has 0 unspecified atom stereocenters. The van der Waals surface area contributed by atoms with Gasteiger partial charge in [-0.1, -0.05) is 6.07 Å². The van der Waals surface area contributed by atoms with Gasteiger partial charge in [0.25, 0.3) is 0 Å². The van der Waals surface area contributed by atoms with E-state index in [0.717, 1.165) is 16.1 Å². The van der Waals surface area contributed by atoms with E-state index in [1.807, 2.05) is 23.6 Å². The van der Waals surface area contributed by atoms with Crippen LogP contribution in [0.5, 0.6) is 11.5 Å². The molecule has 28 heavy (non-hydrogen) atoms. The van der Waals surface area contributed by atoms with Gasteiger partial charge in [-0.15, -0.1) is 11.3 Å². The third-order valence-electron chi connectivity index (χ3n) is 3.98. The maximum atomic E-state index is 13.0. The van der Waals surface area contributed by atoms with Crippen LogP contribution in [0.3, 0.4) is 0 Å². The first-order valence-corrected chi connectivity index (χ1v) is 9.50. The van der Waals surface area contributed by atoms with Crippen LogP contribution in [0.2, 0.25) is 0 Å². The molecular formula is C21H16FNO4S. The van der Waals surface area contributed by atoms with E-state index in [2.05, 4.69) is 4.98 Å². The molecular weight excluding hydrogens is 381 g/mol. The molecule has 142 valence electrons. The van der Waals surface area contributed by atoms with Crippen LogP contribution in [0.25, 0.3) is 16.6 Å². The third kappa shape index (κ3) is 4.37. The fourth-order valence-electron chi connectivity index (χ4n) is 2.62. The number of ether oxygens (including phenoxy) is 3. The van der Waals surface area contributed by atoms with E-state index in [9.17, 15) is 9.18 Å². The summed E-state index contributed by atoms with van der Waals surface area (Å²) in [4.78, 5) is 16.4. The molecule has 0 saturated heterocycles. The number of nitrogens with zero attached hydrogens (tertiary/aromatic N) is 1. The topological polar surface area (TPSA) is 57.7 Å². The van der Waals surface area contributed by atoms with Crippen molar-refractivity contribution in [1.82, 2.24) is 4.98 Å². The van der Waals surface area contributed by atoms with E-state index in [1.165, 1.54) is 29.5 Å². The second kappa shape index (κ2) is 8.22. The van der Waals surface area contributed by atoms with Crippen molar-refractivity contribution >= 4 is 23.4 Å². The monoisotopic (exact) mass is 397 g/mol. The number of carbonyl (C=O) groups excluding carboxylic acids is 1. The largest absolute Gasteiger partial charge is 0.486 e. The molecule has 0 radical (unpaired) electrons. The van der Waals surface area contributed by atoms with Crippen LogP contribution in [0.1, 0.15) is 11.3 Å². The minimum absolute atomic E-state index is 0.0714. The first-order valence-electron chi connectivity index (χ1n) is 8.62. The highest BCUT2D eigenvalue weighted by molar-refractivity contribution is 7.13. The molecule has 0 amide bonds. The Morgan fingerprint density at radius 3 is 2.75 bits per heavy atom. The number of aromatic nitrogens is 1. The Kier molecular flexibility index (Phi) is 5.34. The molecule has 0 aliphatic carbocycles. The molecule has 0 fully saturated rings. The van der Waals surface area contributed by atoms with Crippen molar-refractivity contribution in [3.8, 4) is 22.1 Å². The minimum atomic E-state index is -0.466. The Balaban J connectivity index is 1.33. The van der Waals surface area contributed by atoms with Crippen molar-refractivity contribution < 1.29 is 23.4 Å². The van der Waals surface area contributed by atoms with E-state index in [-0.39, 0.29) is 12.4 Å². The van der Waals surface area contributed by atoms with Crippen LogP contribution in [0, 0.1) is 5.82 Å². The lowest BCUT2D eigenvalue weighted by atomic mass is 10.2. The molecule has 2 heterocycles. The molecule has 4 rings (SSSR count). The fourth-order valence-corrected chi connectivity index (χ4v) is 3.43. The van der Waals surface area contributed by atoms with Crippen LogP contribution in [0.15, 0.2) is 53.9 Å². The Labute approximate surface area is 165 Å². The summed E-state index contributed by atoms with van der Waals surface area (Å²) < 4.78 is 29.2. The van der Waals surface area contributed by atoms with Crippen molar-refractivity contribution in [3.05, 3.63) is 71.0 Å². The number of hydrogen-bond acceptors (Lipinski definition) is 6. The first kappa shape index (κ1) is 18.2. The second-order valence-corrected chi connectivity index (χ2v) is 6.85. The van der Waals surface area contributed by atoms with Crippen LogP contribution in [-0.4, -0.2) is 24.2 Å². The molecule has 1 aliphatic rings. The predicted octanol–water partition coefficient (Wildman–Crippen LogP) is 4.48. The molecule has 1 aromatic heterocycles. The Morgan fingerprint density at radius 1 is 1.14 bits per heavy atom. The minimum Gasteiger partial charge on any atom is -0.486 e. The standard InChI is InChI=1S/C21H16FNO4S/c22-16-5-3-15(4-6-16)21-23-17(13-28-21)12-27-20(24)8-2-14-1-7-18-19(11-14)26-10-9-25-18/h1-8,11,13H,9-10,12H2. The van der Waals surface area contributed by atoms with E-state index < -0.39 is 5.97 Å². The van der Waals surface area contributed by atoms with Gasteiger partial charge in [0.2, 0.25) is 0 Å². The van der Waals surface area contributed by atoms with E-state index in [1.54, 1.807) is 18.2 Å². The van der Waals surface area contributed by atoms with E-state index in [4.69, 9.17) is 14.2 Å². The summed E-state index contributed by atoms with van der Waals surface area (Å²) in [6.45, 7) is 1.12. The lowest BCUT2D eigenvalue weighted by molar-refractivity contribution is -0.139. The maximum absolute atomic E-state index is 13.0. The molecule has 0 atom stereocenters. The summed E-state index contributed by atoms with van der Waals surface area (Å²) >= 11 is 1.41. The molecule has 0 spiro atoms. The van der Waals surface area contributed by atoms with Gasteiger partial charge < -0.3 is 14.2 Å². The first-order chi connectivity index (χ1) is 13.7. The average Bonchev–Trinajstić information content (AvgIpc) is 3.20. The highest BCUT2D eigenvalue weighted by atomic mass is 32.1. The van der Waals surface area contributed by atoms with Crippen molar-refractivity contribution in [1.29, 1.82) is 0 Å². The molecule has 3 aromatic rings. The second-order valence-electron chi connectivity index (χ2n) is 6.00. The van der Waals surface area contributed by atoms with Crippen LogP contribution < -0.4 is 9.47 Å². The van der Waals surface area contributed by atoms with Gasteiger partial charge in [-0.3, -0.25) is 0 Å². The van der Waals surface area contributed by atoms with Gasteiger partial charge in [0.1, 0.15) is 30.6 Å². The van der Waals surface area contributed by atoms with Crippen molar-refractivity contribution in [3.63, 3.8) is 0 Å². The van der Waals surface area contributed by atoms with Crippen molar-refractivity contribution in [2.24, 2.45) is 0 Å². The zero-order chi connectivity index (χ0) is 19.3. The Bertz CT molecular complexity index is 1010. The normalized spacial score (nSPS) is 12.9. The zero-order valence-electron chi connectivity index (χ0n) is 14.8. The quantitative estimate of drug-likeness (QED) is 0.469. The highest BCUT2D eigenvalue weighted by Gasteiger charge is 2.11. The average molecular weight is 397 g/mol. The molecule has 1 aliphatic heterocycles. The molecule has 0 N–H and O–H groups in total. The van der Waals surface area contributed by atoms with Crippen molar-refractivity contribution in [2.75, 3.05) is 13.2 Å². The van der Waals surface area contributed by atoms with Crippen LogP contribution in [0.4, 0.5) is 4.39 Å². The molecule has 7 heteroatoms. The fraction of sp³-hybridized carbons (Fsp3) is 0.143. The van der Waals surface area contributed by atoms with E-state index in [0.29, 0.717) is 30.4 Å². The number of thiazole rings is 1. The SMILES string of the molecule is O=C(C=Cc1ccc2c(c1)OCCO2)OCc1csc(-c2ccc(F)cc2)n1. The summed E-state index contributed by atoms with van der Waals surface area (Å²) in [6.07, 6.45) is 3.02. The summed E-state index contributed by atoms with van der Waals surface area (Å²) in [5, 5.41) is 2.56. The number of benzene rings is 2. The number of carbonyl (C=O) groups is 1. The summed E-state index contributed by atoms with van der Waals surface area (Å²) in [5.74, 6) is 0.606. The van der Waals surface area contributed by atoms with E-state index >= 15 is 0 Å². The number of fused-ring (bicyclic) bond motifs is 1. The summed E-state index contributed by atoms with van der Waals surface area (Å²) in [5.41, 5.74) is 2.28. The lowest BCUT2D eigenvalue weighted by Crippen LogP contribution is -2.15. The van der Waals surface area contributed by atoms with Crippen LogP contribution >= 0.6 is 11.3 Å². The molecule has 2 aromatic carbocycles. The maximum Gasteiger partial charge on any atom is 0.331 e. The number of hydrogen-bond donors (Lipinski definition) is 0. The van der Waals surface area contributed by atoms with Gasteiger partial charge in [0.15, 0.2) is 11.5 Å². The lowest BCUT2D eigenvalue weighted by Gasteiger charge is -2.18. The molecule has 5 nitrogen and oxygen atoms in total. The van der Waals surface area contributed by atoms with Gasteiger partial charge >= 0.3 is 5.97 Å². The summed E-state index contributed by atoms with van der Waals surface area (Å²) in [6, 6.07) is 11.6. The summed E-state index contributed by atoms with van der Waals surface area (Å²) in [7, 11) is 0. The predicted molar refractivity (Wildman–Crippen MR) is 104 cm³/mol. The molecule has 0 bridgehead atoms. The number of rotatable bonds is 5. The van der Waals surface area contributed by atoms with Crippen molar-refractivity contribution in [2.45, 2.75) is 6.61 Å². The Morgan fingerprint density at radius 2 is 1.93 bits per heavy atom. The highest BCUT2D eigenvalue weighted by Crippen LogP contribution is 2.31. The Hall–Kier alpha value is -3.19. The number of esters is 1. The van der Waals surface area contributed by atoms with Gasteiger partial charge in [0, 0.05) is 17.0 Å². The van der Waals surface area contributed by atoms with Crippen LogP contribution in [-0.2, 0) is 16.1 Å². The smallest absolute Gasteiger partial charge is 0.331 e. The third-order valence-corrected chi connectivity index (χ3v) is 4.92. The van der Waals surface area contributed by atoms with Gasteiger partial charge in [0.05, 0.1) is 5.69 Å². The number of halogens is 1. The van der Waals surface area contributed by atoms with Gasteiger partial charge in [-0.2, -0.15) is 0 Å².